The van der Waals surface area contributed by atoms with Crippen LogP contribution < -0.4 is 0 Å². The van der Waals surface area contributed by atoms with E-state index in [1.54, 1.807) is 12.2 Å². The van der Waals surface area contributed by atoms with Crippen molar-refractivity contribution in [1.29, 1.82) is 0 Å². The smallest absolute Gasteiger partial charge is 0.303 e. The van der Waals surface area contributed by atoms with E-state index in [0.29, 0.717) is 12.8 Å². The van der Waals surface area contributed by atoms with Crippen LogP contribution in [0.25, 0.3) is 0 Å². The Kier molecular flexibility index (Phi) is 16.6. The molecule has 2 atom stereocenters. The standard InChI is InChI=1S/C22H34O4/c1-2-3-14-17-20(23)21(24)18-15-12-10-8-6-4-5-7-9-11-13-16-19-22(25)26/h5-8,10-13,15,18,20-21,23-24H,2-4,9,14,16-17,19H2,1H3,(H,25,26)/b7-5-,8-6-,12-10-,13-11-,18-15+. The van der Waals surface area contributed by atoms with Crippen molar-refractivity contribution in [2.24, 2.45) is 0 Å². The Bertz CT molecular complexity index is 486. The molecular weight excluding hydrogens is 328 g/mol. The summed E-state index contributed by atoms with van der Waals surface area (Å²) in [5, 5.41) is 28.1. The number of hydrogen-bond acceptors (Lipinski definition) is 3. The number of unbranched alkanes of at least 4 members (excludes halogenated alkanes) is 2. The van der Waals surface area contributed by atoms with Gasteiger partial charge >= 0.3 is 5.97 Å². The molecule has 0 saturated carbocycles. The lowest BCUT2D eigenvalue weighted by atomic mass is 10.1. The van der Waals surface area contributed by atoms with Crippen LogP contribution in [-0.2, 0) is 4.79 Å². The van der Waals surface area contributed by atoms with Crippen LogP contribution in [0, 0.1) is 0 Å². The summed E-state index contributed by atoms with van der Waals surface area (Å²) in [4.78, 5) is 10.3. The largest absolute Gasteiger partial charge is 0.481 e. The Morgan fingerprint density at radius 2 is 1.54 bits per heavy atom. The van der Waals surface area contributed by atoms with E-state index in [1.165, 1.54) is 0 Å². The van der Waals surface area contributed by atoms with Gasteiger partial charge in [-0.15, -0.1) is 0 Å². The van der Waals surface area contributed by atoms with Gasteiger partial charge in [0.25, 0.3) is 0 Å². The van der Waals surface area contributed by atoms with Gasteiger partial charge in [-0.05, 0) is 25.7 Å². The van der Waals surface area contributed by atoms with Gasteiger partial charge in [-0.25, -0.2) is 0 Å². The van der Waals surface area contributed by atoms with E-state index >= 15 is 0 Å². The maximum atomic E-state index is 10.3. The fourth-order valence-electron chi connectivity index (χ4n) is 2.14. The molecule has 4 nitrogen and oxygen atoms in total. The summed E-state index contributed by atoms with van der Waals surface area (Å²) < 4.78 is 0. The van der Waals surface area contributed by atoms with Gasteiger partial charge in [0, 0.05) is 6.42 Å². The molecule has 146 valence electrons. The number of hydrogen-bond donors (Lipinski definition) is 3. The van der Waals surface area contributed by atoms with Gasteiger partial charge in [-0.2, -0.15) is 0 Å². The van der Waals surface area contributed by atoms with Gasteiger partial charge in [0.2, 0.25) is 0 Å². The molecule has 0 amide bonds. The Balaban J connectivity index is 3.80. The average Bonchev–Trinajstić information content (AvgIpc) is 2.61. The van der Waals surface area contributed by atoms with Crippen LogP contribution in [0.1, 0.15) is 58.3 Å². The predicted molar refractivity (Wildman–Crippen MR) is 108 cm³/mol. The molecule has 0 aliphatic rings. The minimum Gasteiger partial charge on any atom is -0.481 e. The topological polar surface area (TPSA) is 77.8 Å². The number of carboxylic acids is 1. The highest BCUT2D eigenvalue weighted by Crippen LogP contribution is 2.07. The molecule has 0 aliphatic heterocycles. The van der Waals surface area contributed by atoms with Crippen LogP contribution in [0.15, 0.2) is 60.8 Å². The summed E-state index contributed by atoms with van der Waals surface area (Å²) in [7, 11) is 0. The van der Waals surface area contributed by atoms with Crippen molar-refractivity contribution in [1.82, 2.24) is 0 Å². The van der Waals surface area contributed by atoms with Gasteiger partial charge in [0.05, 0.1) is 12.2 Å². The van der Waals surface area contributed by atoms with E-state index in [9.17, 15) is 15.0 Å². The third kappa shape index (κ3) is 16.9. The van der Waals surface area contributed by atoms with Crippen LogP contribution in [0.3, 0.4) is 0 Å². The molecule has 2 unspecified atom stereocenters. The highest BCUT2D eigenvalue weighted by atomic mass is 16.4. The lowest BCUT2D eigenvalue weighted by Gasteiger charge is -2.13. The SMILES string of the molecule is CCCCCC(O)C(O)/C=C/C=C\C=C/C/C=C\C/C=C\CCC(=O)O. The van der Waals surface area contributed by atoms with Crippen molar-refractivity contribution in [3.05, 3.63) is 60.8 Å². The monoisotopic (exact) mass is 362 g/mol. The summed E-state index contributed by atoms with van der Waals surface area (Å²) in [5.41, 5.74) is 0. The molecule has 3 N–H and O–H groups in total. The maximum Gasteiger partial charge on any atom is 0.303 e. The Morgan fingerprint density at radius 1 is 0.885 bits per heavy atom. The Morgan fingerprint density at radius 3 is 2.23 bits per heavy atom. The van der Waals surface area contributed by atoms with Crippen molar-refractivity contribution in [2.45, 2.75) is 70.5 Å². The van der Waals surface area contributed by atoms with Crippen molar-refractivity contribution >= 4 is 5.97 Å². The normalized spacial score (nSPS) is 15.2. The summed E-state index contributed by atoms with van der Waals surface area (Å²) in [6, 6.07) is 0. The number of aliphatic carboxylic acids is 1. The van der Waals surface area contributed by atoms with E-state index in [1.807, 2.05) is 42.5 Å². The van der Waals surface area contributed by atoms with Gasteiger partial charge in [0.15, 0.2) is 0 Å². The highest BCUT2D eigenvalue weighted by molar-refractivity contribution is 5.66. The van der Waals surface area contributed by atoms with Crippen molar-refractivity contribution in [3.63, 3.8) is 0 Å². The second-order valence-corrected chi connectivity index (χ2v) is 6.10. The fraction of sp³-hybridized carbons (Fsp3) is 0.500. The van der Waals surface area contributed by atoms with Crippen molar-refractivity contribution in [2.75, 3.05) is 0 Å². The number of rotatable bonds is 15. The van der Waals surface area contributed by atoms with E-state index in [-0.39, 0.29) is 6.42 Å². The molecule has 0 rings (SSSR count). The average molecular weight is 363 g/mol. The van der Waals surface area contributed by atoms with Crippen molar-refractivity contribution < 1.29 is 20.1 Å². The number of carbonyl (C=O) groups is 1. The molecule has 0 radical (unpaired) electrons. The summed E-state index contributed by atoms with van der Waals surface area (Å²) >= 11 is 0. The first kappa shape index (κ1) is 24.1. The van der Waals surface area contributed by atoms with Crippen molar-refractivity contribution in [3.8, 4) is 0 Å². The molecule has 0 aromatic carbocycles. The van der Waals surface area contributed by atoms with E-state index in [4.69, 9.17) is 5.11 Å². The van der Waals surface area contributed by atoms with Gasteiger partial charge < -0.3 is 15.3 Å². The van der Waals surface area contributed by atoms with Gasteiger partial charge in [0.1, 0.15) is 0 Å². The van der Waals surface area contributed by atoms with E-state index in [0.717, 1.165) is 32.1 Å². The van der Waals surface area contributed by atoms with Crippen LogP contribution >= 0.6 is 0 Å². The third-order valence-electron chi connectivity index (χ3n) is 3.68. The number of carboxylic acid groups (broad SMARTS) is 1. The third-order valence-corrected chi connectivity index (χ3v) is 3.68. The van der Waals surface area contributed by atoms with E-state index in [2.05, 4.69) is 13.0 Å². The van der Waals surface area contributed by atoms with Crippen LogP contribution in [0.4, 0.5) is 0 Å². The molecule has 0 aromatic rings. The fourth-order valence-corrected chi connectivity index (χ4v) is 2.14. The Labute approximate surface area is 157 Å². The molecule has 0 fully saturated rings. The quantitative estimate of drug-likeness (QED) is 0.224. The zero-order valence-electron chi connectivity index (χ0n) is 15.8. The molecule has 0 saturated heterocycles. The lowest BCUT2D eigenvalue weighted by molar-refractivity contribution is -0.136. The van der Waals surface area contributed by atoms with Gasteiger partial charge in [-0.3, -0.25) is 4.79 Å². The highest BCUT2D eigenvalue weighted by Gasteiger charge is 2.11. The van der Waals surface area contributed by atoms with E-state index < -0.39 is 18.2 Å². The van der Waals surface area contributed by atoms with Crippen LogP contribution in [-0.4, -0.2) is 33.5 Å². The molecular formula is C22H34O4. The van der Waals surface area contributed by atoms with Crippen LogP contribution in [0.2, 0.25) is 0 Å². The first-order chi connectivity index (χ1) is 12.6. The first-order valence-electron chi connectivity index (χ1n) is 9.45. The molecule has 4 heteroatoms. The van der Waals surface area contributed by atoms with Crippen LogP contribution in [0.5, 0.6) is 0 Å². The summed E-state index contributed by atoms with van der Waals surface area (Å²) in [6.07, 6.45) is 23.6. The second-order valence-electron chi connectivity index (χ2n) is 6.10. The first-order valence-corrected chi connectivity index (χ1v) is 9.45. The Hall–Kier alpha value is -1.91. The maximum absolute atomic E-state index is 10.3. The number of aliphatic hydroxyl groups excluding tert-OH is 2. The summed E-state index contributed by atoms with van der Waals surface area (Å²) in [6.45, 7) is 2.11. The second kappa shape index (κ2) is 17.9. The zero-order valence-corrected chi connectivity index (χ0v) is 15.8. The molecule has 0 aromatic heterocycles. The molecule has 0 heterocycles. The molecule has 0 bridgehead atoms. The molecule has 0 aliphatic carbocycles. The zero-order chi connectivity index (χ0) is 19.5. The lowest BCUT2D eigenvalue weighted by Crippen LogP contribution is -2.23. The summed E-state index contributed by atoms with van der Waals surface area (Å²) in [5.74, 6) is -0.768. The number of allylic oxidation sites excluding steroid dienone is 9. The molecule has 0 spiro atoms. The minimum atomic E-state index is -0.813. The predicted octanol–water partition coefficient (Wildman–Crippen LogP) is 4.71. The van der Waals surface area contributed by atoms with Gasteiger partial charge in [-0.1, -0.05) is 86.9 Å². The molecule has 26 heavy (non-hydrogen) atoms. The number of aliphatic hydroxyl groups is 2. The minimum absolute atomic E-state index is 0.179.